The van der Waals surface area contributed by atoms with Gasteiger partial charge in [0.1, 0.15) is 6.04 Å². The third kappa shape index (κ3) is 4.26. The molecule has 0 spiro atoms. The van der Waals surface area contributed by atoms with Gasteiger partial charge in [0.05, 0.1) is 29.4 Å². The molecule has 0 saturated heterocycles. The van der Waals surface area contributed by atoms with Crippen molar-refractivity contribution in [1.29, 1.82) is 0 Å². The number of esters is 1. The molecular formula is C20H20Cl2N2O3. The van der Waals surface area contributed by atoms with Crippen LogP contribution >= 0.6 is 23.2 Å². The van der Waals surface area contributed by atoms with Gasteiger partial charge in [-0.2, -0.15) is 0 Å². The average molecular weight is 407 g/mol. The van der Waals surface area contributed by atoms with Crippen molar-refractivity contribution < 1.29 is 14.3 Å². The average Bonchev–Trinajstić information content (AvgIpc) is 2.67. The number of ether oxygens (including phenoxy) is 1. The summed E-state index contributed by atoms with van der Waals surface area (Å²) in [7, 11) is 1.35. The van der Waals surface area contributed by atoms with Crippen LogP contribution in [0, 0.1) is 6.92 Å². The topological polar surface area (TPSA) is 58.6 Å². The predicted molar refractivity (Wildman–Crippen MR) is 106 cm³/mol. The number of carbonyl (C=O) groups is 2. The Morgan fingerprint density at radius 3 is 2.59 bits per heavy atom. The van der Waals surface area contributed by atoms with Crippen LogP contribution in [0.15, 0.2) is 36.4 Å². The van der Waals surface area contributed by atoms with Crippen LogP contribution in [-0.4, -0.2) is 36.5 Å². The van der Waals surface area contributed by atoms with Crippen LogP contribution < -0.4 is 5.32 Å². The van der Waals surface area contributed by atoms with Crippen LogP contribution in [0.5, 0.6) is 0 Å². The number of hydrogen-bond acceptors (Lipinski definition) is 4. The molecule has 0 unspecified atom stereocenters. The lowest BCUT2D eigenvalue weighted by Crippen LogP contribution is -2.49. The monoisotopic (exact) mass is 406 g/mol. The first kappa shape index (κ1) is 19.7. The number of carbonyl (C=O) groups excluding carboxylic acids is 2. The van der Waals surface area contributed by atoms with Crippen LogP contribution in [-0.2, 0) is 27.3 Å². The lowest BCUT2D eigenvalue weighted by atomic mass is 9.94. The number of anilines is 1. The highest BCUT2D eigenvalue weighted by Gasteiger charge is 2.33. The number of rotatable bonds is 4. The van der Waals surface area contributed by atoms with E-state index in [4.69, 9.17) is 27.9 Å². The number of benzene rings is 2. The third-order valence-electron chi connectivity index (χ3n) is 4.71. The van der Waals surface area contributed by atoms with Crippen LogP contribution in [0.2, 0.25) is 10.0 Å². The van der Waals surface area contributed by atoms with Crippen LogP contribution in [0.4, 0.5) is 5.69 Å². The zero-order valence-corrected chi connectivity index (χ0v) is 16.6. The molecule has 5 nitrogen and oxygen atoms in total. The molecule has 1 aliphatic rings. The molecule has 27 heavy (non-hydrogen) atoms. The fourth-order valence-electron chi connectivity index (χ4n) is 3.25. The zero-order valence-electron chi connectivity index (χ0n) is 15.1. The van der Waals surface area contributed by atoms with Crippen molar-refractivity contribution in [2.45, 2.75) is 25.9 Å². The fraction of sp³-hybridized carbons (Fsp3) is 0.300. The first-order chi connectivity index (χ1) is 12.9. The largest absolute Gasteiger partial charge is 0.468 e. The summed E-state index contributed by atoms with van der Waals surface area (Å²) in [6, 6.07) is 10.8. The summed E-state index contributed by atoms with van der Waals surface area (Å²) in [5.74, 6) is -0.651. The minimum Gasteiger partial charge on any atom is -0.468 e. The Morgan fingerprint density at radius 1 is 1.19 bits per heavy atom. The summed E-state index contributed by atoms with van der Waals surface area (Å²) >= 11 is 12.4. The Bertz CT molecular complexity index is 886. The fourth-order valence-corrected chi connectivity index (χ4v) is 3.71. The van der Waals surface area contributed by atoms with E-state index in [1.54, 1.807) is 17.0 Å². The van der Waals surface area contributed by atoms with Gasteiger partial charge in [0.15, 0.2) is 0 Å². The Balaban J connectivity index is 1.79. The van der Waals surface area contributed by atoms with Crippen LogP contribution in [0.1, 0.15) is 16.7 Å². The first-order valence-electron chi connectivity index (χ1n) is 8.53. The smallest absolute Gasteiger partial charge is 0.323 e. The molecule has 1 heterocycles. The van der Waals surface area contributed by atoms with E-state index in [0.717, 1.165) is 16.7 Å². The third-order valence-corrected chi connectivity index (χ3v) is 5.52. The number of nitrogens with zero attached hydrogens (tertiary/aromatic N) is 1. The summed E-state index contributed by atoms with van der Waals surface area (Å²) in [6.07, 6.45) is 0.502. The maximum absolute atomic E-state index is 12.6. The highest BCUT2D eigenvalue weighted by molar-refractivity contribution is 6.40. The van der Waals surface area contributed by atoms with Gasteiger partial charge in [-0.25, -0.2) is 0 Å². The molecule has 0 fully saturated rings. The number of fused-ring (bicyclic) bond motifs is 1. The summed E-state index contributed by atoms with van der Waals surface area (Å²) in [5.41, 5.74) is 3.39. The Kier molecular flexibility index (Phi) is 6.05. The second kappa shape index (κ2) is 8.30. The van der Waals surface area contributed by atoms with Crippen molar-refractivity contribution >= 4 is 40.8 Å². The molecule has 0 aromatic heterocycles. The van der Waals surface area contributed by atoms with Crippen molar-refractivity contribution in [3.63, 3.8) is 0 Å². The maximum atomic E-state index is 12.6. The number of hydrogen-bond donors (Lipinski definition) is 1. The van der Waals surface area contributed by atoms with E-state index >= 15 is 0 Å². The maximum Gasteiger partial charge on any atom is 0.323 e. The molecule has 0 aliphatic carbocycles. The lowest BCUT2D eigenvalue weighted by Gasteiger charge is -2.34. The van der Waals surface area contributed by atoms with E-state index in [1.165, 1.54) is 7.11 Å². The van der Waals surface area contributed by atoms with E-state index in [1.807, 2.05) is 31.2 Å². The summed E-state index contributed by atoms with van der Waals surface area (Å²) in [5, 5.41) is 3.55. The summed E-state index contributed by atoms with van der Waals surface area (Å²) in [4.78, 5) is 26.7. The van der Waals surface area contributed by atoms with Gasteiger partial charge in [-0.15, -0.1) is 0 Å². The van der Waals surface area contributed by atoms with E-state index < -0.39 is 6.04 Å². The van der Waals surface area contributed by atoms with E-state index in [9.17, 15) is 9.59 Å². The number of nitrogens with one attached hydrogen (secondary N) is 1. The molecule has 0 bridgehead atoms. The van der Waals surface area contributed by atoms with Gasteiger partial charge in [0.25, 0.3) is 0 Å². The summed E-state index contributed by atoms with van der Waals surface area (Å²) in [6.45, 7) is 2.34. The molecule has 3 rings (SSSR count). The number of methoxy groups -OCH3 is 1. The standard InChI is InChI=1S/C20H20Cl2N2O3/c1-12-7-8-15(21)19(18(12)22)23-17(25)11-24-10-14-6-4-3-5-13(14)9-16(24)20(26)27-2/h3-8,16H,9-11H2,1-2H3,(H,23,25)/t16-/m0/s1. The number of aryl methyl sites for hydroxylation is 1. The van der Waals surface area contributed by atoms with Gasteiger partial charge in [0.2, 0.25) is 5.91 Å². The molecule has 0 radical (unpaired) electrons. The predicted octanol–water partition coefficient (Wildman–Crippen LogP) is 3.84. The lowest BCUT2D eigenvalue weighted by molar-refractivity contribution is -0.148. The molecule has 2 aromatic rings. The van der Waals surface area contributed by atoms with Crippen LogP contribution in [0.3, 0.4) is 0 Å². The number of amides is 1. The van der Waals surface area contributed by atoms with Crippen molar-refractivity contribution in [2.24, 2.45) is 0 Å². The SMILES string of the molecule is COC(=O)[C@@H]1Cc2ccccc2CN1CC(=O)Nc1c(Cl)ccc(C)c1Cl. The molecule has 1 aliphatic heterocycles. The van der Waals surface area contributed by atoms with Gasteiger partial charge >= 0.3 is 5.97 Å². The molecule has 0 saturated carbocycles. The quantitative estimate of drug-likeness (QED) is 0.783. The number of halogens is 2. The normalized spacial score (nSPS) is 16.5. The minimum absolute atomic E-state index is 0.0225. The van der Waals surface area contributed by atoms with Gasteiger partial charge in [-0.3, -0.25) is 14.5 Å². The van der Waals surface area contributed by atoms with Crippen molar-refractivity contribution in [3.05, 3.63) is 63.1 Å². The van der Waals surface area contributed by atoms with Gasteiger partial charge < -0.3 is 10.1 Å². The van der Waals surface area contributed by atoms with E-state index in [-0.39, 0.29) is 18.4 Å². The minimum atomic E-state index is -0.515. The Hall–Kier alpha value is -2.08. The molecule has 7 heteroatoms. The zero-order chi connectivity index (χ0) is 19.6. The second-order valence-corrected chi connectivity index (χ2v) is 7.30. The van der Waals surface area contributed by atoms with Crippen molar-refractivity contribution in [2.75, 3.05) is 19.0 Å². The highest BCUT2D eigenvalue weighted by atomic mass is 35.5. The van der Waals surface area contributed by atoms with Crippen molar-refractivity contribution in [1.82, 2.24) is 4.90 Å². The van der Waals surface area contributed by atoms with Gasteiger partial charge in [-0.1, -0.05) is 53.5 Å². The molecule has 1 atom stereocenters. The molecular weight excluding hydrogens is 387 g/mol. The molecule has 1 amide bonds. The first-order valence-corrected chi connectivity index (χ1v) is 9.29. The Labute approximate surface area is 168 Å². The van der Waals surface area contributed by atoms with Crippen molar-refractivity contribution in [3.8, 4) is 0 Å². The second-order valence-electron chi connectivity index (χ2n) is 6.52. The van der Waals surface area contributed by atoms with Crippen LogP contribution in [0.25, 0.3) is 0 Å². The molecule has 2 aromatic carbocycles. The summed E-state index contributed by atoms with van der Waals surface area (Å²) < 4.78 is 4.93. The molecule has 1 N–H and O–H groups in total. The van der Waals surface area contributed by atoms with E-state index in [2.05, 4.69) is 5.32 Å². The molecule has 142 valence electrons. The van der Waals surface area contributed by atoms with E-state index in [0.29, 0.717) is 28.7 Å². The highest BCUT2D eigenvalue weighted by Crippen LogP contribution is 2.33. The Morgan fingerprint density at radius 2 is 1.89 bits per heavy atom. The van der Waals surface area contributed by atoms with Gasteiger partial charge in [0, 0.05) is 6.54 Å². The van der Waals surface area contributed by atoms with Gasteiger partial charge in [-0.05, 0) is 36.1 Å².